The van der Waals surface area contributed by atoms with E-state index in [1.54, 1.807) is 19.1 Å². The van der Waals surface area contributed by atoms with Gasteiger partial charge in [-0.05, 0) is 30.0 Å². The lowest BCUT2D eigenvalue weighted by Crippen LogP contribution is -2.57. The Labute approximate surface area is 163 Å². The lowest BCUT2D eigenvalue weighted by molar-refractivity contribution is -0.141. The number of aromatic hydroxyl groups is 1. The lowest BCUT2D eigenvalue weighted by Gasteiger charge is -2.26. The first-order valence-corrected chi connectivity index (χ1v) is 9.30. The van der Waals surface area contributed by atoms with Crippen LogP contribution in [-0.4, -0.2) is 51.9 Å². The maximum atomic E-state index is 12.5. The van der Waals surface area contributed by atoms with Crippen molar-refractivity contribution in [1.82, 2.24) is 10.6 Å². The number of nitrogens with one attached hydrogen (secondary N) is 2. The molecule has 1 aromatic carbocycles. The van der Waals surface area contributed by atoms with E-state index in [0.29, 0.717) is 6.42 Å². The highest BCUT2D eigenvalue weighted by Crippen LogP contribution is 2.12. The fourth-order valence-corrected chi connectivity index (χ4v) is 2.64. The summed E-state index contributed by atoms with van der Waals surface area (Å²) >= 11 is 3.92. The van der Waals surface area contributed by atoms with Crippen molar-refractivity contribution in [1.29, 1.82) is 0 Å². The summed E-state index contributed by atoms with van der Waals surface area (Å²) in [5.74, 6) is -2.47. The van der Waals surface area contributed by atoms with E-state index in [1.807, 2.05) is 6.92 Å². The zero-order valence-electron chi connectivity index (χ0n) is 15.4. The van der Waals surface area contributed by atoms with Crippen LogP contribution in [0.25, 0.3) is 0 Å². The van der Waals surface area contributed by atoms with Gasteiger partial charge in [-0.1, -0.05) is 32.4 Å². The van der Waals surface area contributed by atoms with Crippen LogP contribution in [0.15, 0.2) is 24.3 Å². The minimum Gasteiger partial charge on any atom is -0.508 e. The van der Waals surface area contributed by atoms with Gasteiger partial charge < -0.3 is 26.6 Å². The first-order valence-electron chi connectivity index (χ1n) is 8.67. The maximum Gasteiger partial charge on any atom is 0.327 e. The van der Waals surface area contributed by atoms with Gasteiger partial charge in [-0.15, -0.1) is 0 Å². The minimum atomic E-state index is -1.20. The second-order valence-electron chi connectivity index (χ2n) is 6.43. The molecule has 2 amide bonds. The smallest absolute Gasteiger partial charge is 0.327 e. The highest BCUT2D eigenvalue weighted by molar-refractivity contribution is 7.80. The third-order valence-corrected chi connectivity index (χ3v) is 4.68. The fourth-order valence-electron chi connectivity index (χ4n) is 2.39. The number of nitrogens with two attached hydrogens (primary N) is 1. The molecule has 0 heterocycles. The summed E-state index contributed by atoms with van der Waals surface area (Å²) in [7, 11) is 0. The Morgan fingerprint density at radius 1 is 1.15 bits per heavy atom. The van der Waals surface area contributed by atoms with Crippen molar-refractivity contribution in [2.24, 2.45) is 11.7 Å². The molecule has 0 saturated carbocycles. The topological polar surface area (TPSA) is 142 Å². The minimum absolute atomic E-state index is 0.0669. The number of carbonyl (C=O) groups is 3. The molecule has 4 atom stereocenters. The highest BCUT2D eigenvalue weighted by Gasteiger charge is 2.30. The van der Waals surface area contributed by atoms with Crippen molar-refractivity contribution in [2.45, 2.75) is 44.8 Å². The Morgan fingerprint density at radius 3 is 2.22 bits per heavy atom. The largest absolute Gasteiger partial charge is 0.508 e. The van der Waals surface area contributed by atoms with Crippen molar-refractivity contribution in [3.05, 3.63) is 29.8 Å². The first kappa shape index (κ1) is 22.8. The fraction of sp³-hybridized carbons (Fsp3) is 0.500. The van der Waals surface area contributed by atoms with Crippen LogP contribution in [0.1, 0.15) is 25.8 Å². The van der Waals surface area contributed by atoms with E-state index >= 15 is 0 Å². The predicted molar refractivity (Wildman–Crippen MR) is 105 cm³/mol. The summed E-state index contributed by atoms with van der Waals surface area (Å²) in [6.07, 6.45) is 0.833. The molecular weight excluding hydrogens is 370 g/mol. The zero-order chi connectivity index (χ0) is 20.6. The Bertz CT molecular complexity index is 653. The zero-order valence-corrected chi connectivity index (χ0v) is 16.3. The number of hydrogen-bond donors (Lipinski definition) is 6. The summed E-state index contributed by atoms with van der Waals surface area (Å²) in [5, 5.41) is 23.4. The SMILES string of the molecule is CC[C@H](C)[C@H](NC(=O)[C@@H](N)Cc1ccc(O)cc1)C(=O)N[C@@H](CS)C(=O)O. The molecule has 8 nitrogen and oxygen atoms in total. The van der Waals surface area contributed by atoms with Crippen LogP contribution in [0.5, 0.6) is 5.75 Å². The van der Waals surface area contributed by atoms with Gasteiger partial charge in [0.1, 0.15) is 17.8 Å². The molecule has 150 valence electrons. The van der Waals surface area contributed by atoms with Gasteiger partial charge in [-0.2, -0.15) is 12.6 Å². The van der Waals surface area contributed by atoms with Gasteiger partial charge in [0.15, 0.2) is 0 Å². The van der Waals surface area contributed by atoms with Gasteiger partial charge in [-0.25, -0.2) is 4.79 Å². The lowest BCUT2D eigenvalue weighted by atomic mass is 9.97. The van der Waals surface area contributed by atoms with E-state index < -0.39 is 35.9 Å². The summed E-state index contributed by atoms with van der Waals surface area (Å²) in [6, 6.07) is 3.37. The number of hydrogen-bond acceptors (Lipinski definition) is 6. The molecule has 0 saturated heterocycles. The molecule has 0 aliphatic heterocycles. The van der Waals surface area contributed by atoms with Gasteiger partial charge in [0.2, 0.25) is 11.8 Å². The molecule has 0 radical (unpaired) electrons. The van der Waals surface area contributed by atoms with Gasteiger partial charge in [0.25, 0.3) is 0 Å². The number of carboxylic acid groups (broad SMARTS) is 1. The molecule has 1 rings (SSSR count). The third-order valence-electron chi connectivity index (χ3n) is 4.32. The van der Waals surface area contributed by atoms with Gasteiger partial charge >= 0.3 is 5.97 Å². The maximum absolute atomic E-state index is 12.5. The summed E-state index contributed by atoms with van der Waals surface area (Å²) in [5.41, 5.74) is 6.71. The summed E-state index contributed by atoms with van der Waals surface area (Å²) < 4.78 is 0. The van der Waals surface area contributed by atoms with E-state index in [9.17, 15) is 19.5 Å². The number of phenols is 1. The second-order valence-corrected chi connectivity index (χ2v) is 6.80. The Kier molecular flexibility index (Phi) is 9.10. The molecule has 1 aromatic rings. The average molecular weight is 397 g/mol. The van der Waals surface area contributed by atoms with E-state index in [4.69, 9.17) is 10.8 Å². The number of thiol groups is 1. The molecule has 9 heteroatoms. The molecule has 0 aliphatic rings. The number of carbonyl (C=O) groups excluding carboxylic acids is 2. The quantitative estimate of drug-likeness (QED) is 0.314. The van der Waals surface area contributed by atoms with Crippen LogP contribution in [0.2, 0.25) is 0 Å². The molecule has 0 aliphatic carbocycles. The predicted octanol–water partition coefficient (Wildman–Crippen LogP) is 0.292. The van der Waals surface area contributed by atoms with Crippen LogP contribution < -0.4 is 16.4 Å². The number of phenolic OH excluding ortho intramolecular Hbond substituents is 1. The molecule has 6 N–H and O–H groups in total. The Balaban J connectivity index is 2.79. The first-order chi connectivity index (χ1) is 12.7. The average Bonchev–Trinajstić information content (AvgIpc) is 2.64. The van der Waals surface area contributed by atoms with Crippen LogP contribution in [0, 0.1) is 5.92 Å². The monoisotopic (exact) mass is 397 g/mol. The van der Waals surface area contributed by atoms with Crippen LogP contribution >= 0.6 is 12.6 Å². The molecule has 27 heavy (non-hydrogen) atoms. The Morgan fingerprint density at radius 2 is 1.74 bits per heavy atom. The summed E-state index contributed by atoms with van der Waals surface area (Å²) in [6.45, 7) is 3.65. The third kappa shape index (κ3) is 7.10. The molecular formula is C18H27N3O5S. The van der Waals surface area contributed by atoms with E-state index in [2.05, 4.69) is 23.3 Å². The Hall–Kier alpha value is -2.26. The molecule has 0 unspecified atom stereocenters. The number of benzene rings is 1. The number of aliphatic carboxylic acids is 1. The normalized spacial score (nSPS) is 15.3. The van der Waals surface area contributed by atoms with Crippen molar-refractivity contribution in [3.63, 3.8) is 0 Å². The number of amides is 2. The van der Waals surface area contributed by atoms with Crippen molar-refractivity contribution >= 4 is 30.4 Å². The summed E-state index contributed by atoms with van der Waals surface area (Å²) in [4.78, 5) is 36.0. The van der Waals surface area contributed by atoms with Gasteiger partial charge in [0.05, 0.1) is 6.04 Å². The van der Waals surface area contributed by atoms with Crippen LogP contribution in [-0.2, 0) is 20.8 Å². The van der Waals surface area contributed by atoms with Gasteiger partial charge in [-0.3, -0.25) is 9.59 Å². The van der Waals surface area contributed by atoms with Crippen molar-refractivity contribution in [2.75, 3.05) is 5.75 Å². The standard InChI is InChI=1S/C18H27N3O5S/c1-3-10(2)15(17(24)20-14(9-27)18(25)26)21-16(23)13(19)8-11-4-6-12(22)7-5-11/h4-7,10,13-15,22,27H,3,8-9,19H2,1-2H3,(H,20,24)(H,21,23)(H,25,26)/t10-,13-,14-,15-/m0/s1. The molecule has 0 fully saturated rings. The van der Waals surface area contributed by atoms with E-state index in [0.717, 1.165) is 5.56 Å². The molecule has 0 spiro atoms. The van der Waals surface area contributed by atoms with Crippen LogP contribution in [0.4, 0.5) is 0 Å². The van der Waals surface area contributed by atoms with Crippen LogP contribution in [0.3, 0.4) is 0 Å². The van der Waals surface area contributed by atoms with Gasteiger partial charge in [0, 0.05) is 5.75 Å². The number of rotatable bonds is 10. The number of carboxylic acids is 1. The van der Waals surface area contributed by atoms with Crippen molar-refractivity contribution in [3.8, 4) is 5.75 Å². The highest BCUT2D eigenvalue weighted by atomic mass is 32.1. The molecule has 0 aromatic heterocycles. The second kappa shape index (κ2) is 10.8. The van der Waals surface area contributed by atoms with Crippen molar-refractivity contribution < 1.29 is 24.6 Å². The van der Waals surface area contributed by atoms with E-state index in [1.165, 1.54) is 12.1 Å². The van der Waals surface area contributed by atoms with E-state index in [-0.39, 0.29) is 23.8 Å². The molecule has 0 bridgehead atoms.